The van der Waals surface area contributed by atoms with Crippen molar-refractivity contribution in [2.24, 2.45) is 7.05 Å². The molecule has 2 aromatic rings. The summed E-state index contributed by atoms with van der Waals surface area (Å²) in [6, 6.07) is 10.6. The topological polar surface area (TPSA) is 60.3 Å². The average molecular weight is 298 g/mol. The molecule has 0 fully saturated rings. The maximum Gasteiger partial charge on any atom is 0.252 e. The van der Waals surface area contributed by atoms with Crippen LogP contribution in [0.4, 0.5) is 0 Å². The minimum atomic E-state index is -0.237. The van der Waals surface area contributed by atoms with Gasteiger partial charge in [-0.25, -0.2) is 0 Å². The SMILES string of the molecule is Cn1ccc(C(=O)NC2CCCOc3ccccc32)cc1=O. The molecule has 1 atom stereocenters. The lowest BCUT2D eigenvalue weighted by molar-refractivity contribution is 0.0934. The van der Waals surface area contributed by atoms with E-state index in [-0.39, 0.29) is 17.5 Å². The summed E-state index contributed by atoms with van der Waals surface area (Å²) in [5.74, 6) is 0.577. The standard InChI is InChI=1S/C17H18N2O3/c1-19-9-8-12(11-16(19)20)17(21)18-14-6-4-10-22-15-7-3-2-5-13(14)15/h2-3,5,7-9,11,14H,4,6,10H2,1H3,(H,18,21). The Hall–Kier alpha value is -2.56. The van der Waals surface area contributed by atoms with Gasteiger partial charge in [0.05, 0.1) is 12.6 Å². The van der Waals surface area contributed by atoms with E-state index in [1.807, 2.05) is 24.3 Å². The highest BCUT2D eigenvalue weighted by atomic mass is 16.5. The molecule has 0 saturated carbocycles. The van der Waals surface area contributed by atoms with Crippen LogP contribution in [-0.4, -0.2) is 17.1 Å². The van der Waals surface area contributed by atoms with Crippen LogP contribution in [0.25, 0.3) is 0 Å². The van der Waals surface area contributed by atoms with E-state index < -0.39 is 0 Å². The Kier molecular flexibility index (Phi) is 3.96. The lowest BCUT2D eigenvalue weighted by Gasteiger charge is -2.18. The number of carbonyl (C=O) groups excluding carboxylic acids is 1. The lowest BCUT2D eigenvalue weighted by atomic mass is 10.0. The fraction of sp³-hybridized carbons (Fsp3) is 0.294. The molecular formula is C17H18N2O3. The summed E-state index contributed by atoms with van der Waals surface area (Å²) in [7, 11) is 1.66. The first-order valence-corrected chi connectivity index (χ1v) is 7.34. The summed E-state index contributed by atoms with van der Waals surface area (Å²) in [5, 5.41) is 3.01. The minimum Gasteiger partial charge on any atom is -0.493 e. The van der Waals surface area contributed by atoms with Crippen LogP contribution < -0.4 is 15.6 Å². The highest BCUT2D eigenvalue weighted by Crippen LogP contribution is 2.31. The average Bonchev–Trinajstić information content (AvgIpc) is 2.73. The first-order chi connectivity index (χ1) is 10.6. The molecule has 0 bridgehead atoms. The summed E-state index contributed by atoms with van der Waals surface area (Å²) in [5.41, 5.74) is 1.17. The van der Waals surface area contributed by atoms with Crippen LogP contribution in [0.1, 0.15) is 34.8 Å². The van der Waals surface area contributed by atoms with Crippen molar-refractivity contribution in [3.63, 3.8) is 0 Å². The number of nitrogens with one attached hydrogen (secondary N) is 1. The zero-order valence-electron chi connectivity index (χ0n) is 12.4. The van der Waals surface area contributed by atoms with Crippen molar-refractivity contribution >= 4 is 5.91 Å². The molecule has 0 aliphatic carbocycles. The number of fused-ring (bicyclic) bond motifs is 1. The second-order valence-electron chi connectivity index (χ2n) is 5.42. The van der Waals surface area contributed by atoms with Crippen molar-refractivity contribution in [1.29, 1.82) is 0 Å². The molecular weight excluding hydrogens is 280 g/mol. The van der Waals surface area contributed by atoms with Crippen molar-refractivity contribution in [3.05, 3.63) is 64.1 Å². The van der Waals surface area contributed by atoms with Crippen LogP contribution in [0, 0.1) is 0 Å². The van der Waals surface area contributed by atoms with Crippen molar-refractivity contribution in [2.45, 2.75) is 18.9 Å². The van der Waals surface area contributed by atoms with Gasteiger partial charge in [-0.3, -0.25) is 9.59 Å². The third-order valence-electron chi connectivity index (χ3n) is 3.86. The van der Waals surface area contributed by atoms with E-state index >= 15 is 0 Å². The molecule has 3 rings (SSSR count). The van der Waals surface area contributed by atoms with Gasteiger partial charge in [-0.1, -0.05) is 18.2 Å². The van der Waals surface area contributed by atoms with Gasteiger partial charge in [0.15, 0.2) is 0 Å². The van der Waals surface area contributed by atoms with Gasteiger partial charge in [-0.05, 0) is 25.0 Å². The molecule has 1 unspecified atom stereocenters. The summed E-state index contributed by atoms with van der Waals surface area (Å²) in [4.78, 5) is 24.1. The number of pyridine rings is 1. The Balaban J connectivity index is 1.84. The summed E-state index contributed by atoms with van der Waals surface area (Å²) in [6.45, 7) is 0.648. The monoisotopic (exact) mass is 298 g/mol. The Bertz CT molecular complexity index is 752. The Labute approximate surface area is 128 Å². The highest BCUT2D eigenvalue weighted by molar-refractivity contribution is 5.94. The van der Waals surface area contributed by atoms with Crippen LogP contribution in [0.3, 0.4) is 0 Å². The van der Waals surface area contributed by atoms with Crippen LogP contribution in [0.2, 0.25) is 0 Å². The van der Waals surface area contributed by atoms with Gasteiger partial charge in [-0.2, -0.15) is 0 Å². The lowest BCUT2D eigenvalue weighted by Crippen LogP contribution is -2.29. The normalized spacial score (nSPS) is 17.0. The summed E-state index contributed by atoms with van der Waals surface area (Å²) < 4.78 is 7.13. The maximum absolute atomic E-state index is 12.4. The first-order valence-electron chi connectivity index (χ1n) is 7.34. The van der Waals surface area contributed by atoms with Crippen molar-refractivity contribution < 1.29 is 9.53 Å². The molecule has 1 amide bonds. The number of hydrogen-bond donors (Lipinski definition) is 1. The van der Waals surface area contributed by atoms with Gasteiger partial charge in [0.1, 0.15) is 5.75 Å². The van der Waals surface area contributed by atoms with Gasteiger partial charge in [0, 0.05) is 30.4 Å². The molecule has 2 heterocycles. The molecule has 0 radical (unpaired) electrons. The van der Waals surface area contributed by atoms with Gasteiger partial charge >= 0.3 is 0 Å². The first kappa shape index (κ1) is 14.4. The number of para-hydroxylation sites is 1. The second kappa shape index (κ2) is 6.05. The number of amides is 1. The van der Waals surface area contributed by atoms with E-state index in [0.29, 0.717) is 12.2 Å². The maximum atomic E-state index is 12.4. The quantitative estimate of drug-likeness (QED) is 0.923. The Morgan fingerprint density at radius 2 is 2.14 bits per heavy atom. The smallest absolute Gasteiger partial charge is 0.252 e. The second-order valence-corrected chi connectivity index (χ2v) is 5.42. The third kappa shape index (κ3) is 2.88. The molecule has 114 valence electrons. The number of aromatic nitrogens is 1. The largest absolute Gasteiger partial charge is 0.493 e. The number of rotatable bonds is 2. The van der Waals surface area contributed by atoms with E-state index in [0.717, 1.165) is 24.2 Å². The van der Waals surface area contributed by atoms with E-state index in [9.17, 15) is 9.59 Å². The summed E-state index contributed by atoms with van der Waals surface area (Å²) in [6.07, 6.45) is 3.28. The van der Waals surface area contributed by atoms with Crippen molar-refractivity contribution in [2.75, 3.05) is 6.61 Å². The third-order valence-corrected chi connectivity index (χ3v) is 3.86. The van der Waals surface area contributed by atoms with Gasteiger partial charge < -0.3 is 14.6 Å². The summed E-state index contributed by atoms with van der Waals surface area (Å²) >= 11 is 0. The fourth-order valence-electron chi connectivity index (χ4n) is 2.61. The van der Waals surface area contributed by atoms with Crippen molar-refractivity contribution in [3.8, 4) is 5.75 Å². The van der Waals surface area contributed by atoms with E-state index in [4.69, 9.17) is 4.74 Å². The van der Waals surface area contributed by atoms with Gasteiger partial charge in [0.25, 0.3) is 11.5 Å². The molecule has 0 saturated heterocycles. The van der Waals surface area contributed by atoms with Gasteiger partial charge in [-0.15, -0.1) is 0 Å². The highest BCUT2D eigenvalue weighted by Gasteiger charge is 2.21. The Morgan fingerprint density at radius 1 is 1.32 bits per heavy atom. The Morgan fingerprint density at radius 3 is 2.95 bits per heavy atom. The van der Waals surface area contributed by atoms with E-state index in [2.05, 4.69) is 5.32 Å². The van der Waals surface area contributed by atoms with Crippen LogP contribution in [0.15, 0.2) is 47.4 Å². The van der Waals surface area contributed by atoms with Crippen LogP contribution in [-0.2, 0) is 7.05 Å². The molecule has 1 aliphatic rings. The molecule has 22 heavy (non-hydrogen) atoms. The molecule has 1 aromatic carbocycles. The number of hydrogen-bond acceptors (Lipinski definition) is 3. The zero-order chi connectivity index (χ0) is 15.5. The van der Waals surface area contributed by atoms with Crippen LogP contribution in [0.5, 0.6) is 5.75 Å². The number of nitrogens with zero attached hydrogens (tertiary/aromatic N) is 1. The minimum absolute atomic E-state index is 0.102. The number of benzene rings is 1. The predicted octanol–water partition coefficient (Wildman–Crippen LogP) is 2.03. The van der Waals surface area contributed by atoms with Gasteiger partial charge in [0.2, 0.25) is 0 Å². The van der Waals surface area contributed by atoms with E-state index in [1.54, 1.807) is 19.3 Å². The van der Waals surface area contributed by atoms with Crippen LogP contribution >= 0.6 is 0 Å². The number of aryl methyl sites for hydroxylation is 1. The fourth-order valence-corrected chi connectivity index (χ4v) is 2.61. The molecule has 5 heteroatoms. The van der Waals surface area contributed by atoms with E-state index in [1.165, 1.54) is 10.6 Å². The molecule has 5 nitrogen and oxygen atoms in total. The number of ether oxygens (including phenoxy) is 1. The molecule has 1 N–H and O–H groups in total. The molecule has 0 spiro atoms. The van der Waals surface area contributed by atoms with Crippen molar-refractivity contribution in [1.82, 2.24) is 9.88 Å². The molecule has 1 aliphatic heterocycles. The zero-order valence-corrected chi connectivity index (χ0v) is 12.4. The predicted molar refractivity (Wildman–Crippen MR) is 83.1 cm³/mol. The molecule has 1 aromatic heterocycles. The number of carbonyl (C=O) groups is 1.